The summed E-state index contributed by atoms with van der Waals surface area (Å²) in [5, 5.41) is 3.39. The van der Waals surface area contributed by atoms with E-state index in [1.54, 1.807) is 0 Å². The fourth-order valence-electron chi connectivity index (χ4n) is 3.17. The molecule has 0 bridgehead atoms. The minimum absolute atomic E-state index is 0.297. The Morgan fingerprint density at radius 2 is 1.82 bits per heavy atom. The van der Waals surface area contributed by atoms with Gasteiger partial charge in [0.25, 0.3) is 0 Å². The van der Waals surface area contributed by atoms with E-state index in [1.165, 1.54) is 0 Å². The summed E-state index contributed by atoms with van der Waals surface area (Å²) < 4.78 is 16.2. The highest BCUT2D eigenvalue weighted by Gasteiger charge is 2.20. The molecule has 0 spiro atoms. The van der Waals surface area contributed by atoms with Gasteiger partial charge in [-0.2, -0.15) is 0 Å². The van der Waals surface area contributed by atoms with Crippen LogP contribution in [0.25, 0.3) is 0 Å². The van der Waals surface area contributed by atoms with Gasteiger partial charge in [-0.3, -0.25) is 0 Å². The zero-order valence-electron chi connectivity index (χ0n) is 16.6. The number of esters is 1. The summed E-state index contributed by atoms with van der Waals surface area (Å²) in [5.41, 5.74) is 3.50. The Bertz CT molecular complexity index is 771. The second kappa shape index (κ2) is 9.99. The first-order valence-electron chi connectivity index (χ1n) is 9.80. The molecular formula is C22H28N2O4. The predicted octanol–water partition coefficient (Wildman–Crippen LogP) is 3.71. The van der Waals surface area contributed by atoms with E-state index in [4.69, 9.17) is 14.2 Å². The summed E-state index contributed by atoms with van der Waals surface area (Å²) in [6.45, 7) is 8.33. The van der Waals surface area contributed by atoms with Crippen molar-refractivity contribution in [2.45, 2.75) is 20.4 Å². The van der Waals surface area contributed by atoms with Crippen LogP contribution in [-0.2, 0) is 16.0 Å². The van der Waals surface area contributed by atoms with Gasteiger partial charge in [-0.05, 0) is 49.7 Å². The lowest BCUT2D eigenvalue weighted by Crippen LogP contribution is -2.37. The first-order chi connectivity index (χ1) is 13.7. The van der Waals surface area contributed by atoms with Crippen LogP contribution in [0.1, 0.15) is 29.8 Å². The van der Waals surface area contributed by atoms with Crippen LogP contribution in [-0.4, -0.2) is 45.5 Å². The van der Waals surface area contributed by atoms with Crippen molar-refractivity contribution >= 4 is 17.3 Å². The standard InChI is InChI=1S/C22H28N2O4/c1-3-27-19-8-5-17(6-9-19)16-23-18-7-10-21(24-11-13-26-14-12-24)20(15-18)22(25)28-4-2/h5-10,15,23H,3-4,11-14,16H2,1-2H3. The molecule has 1 fully saturated rings. The molecule has 2 aromatic carbocycles. The van der Waals surface area contributed by atoms with Crippen LogP contribution in [0.3, 0.4) is 0 Å². The van der Waals surface area contributed by atoms with Crippen molar-refractivity contribution in [3.8, 4) is 5.75 Å². The zero-order valence-corrected chi connectivity index (χ0v) is 16.6. The fourth-order valence-corrected chi connectivity index (χ4v) is 3.17. The van der Waals surface area contributed by atoms with Gasteiger partial charge < -0.3 is 24.4 Å². The van der Waals surface area contributed by atoms with Crippen LogP contribution < -0.4 is 15.0 Å². The van der Waals surface area contributed by atoms with Crippen molar-refractivity contribution in [1.29, 1.82) is 0 Å². The molecule has 3 rings (SSSR count). The number of carbonyl (C=O) groups excluding carboxylic acids is 1. The number of morpholine rings is 1. The van der Waals surface area contributed by atoms with E-state index in [0.717, 1.165) is 35.8 Å². The summed E-state index contributed by atoms with van der Waals surface area (Å²) in [7, 11) is 0. The molecule has 1 N–H and O–H groups in total. The summed E-state index contributed by atoms with van der Waals surface area (Å²) in [6, 6.07) is 13.9. The van der Waals surface area contributed by atoms with E-state index in [1.807, 2.05) is 56.3 Å². The highest BCUT2D eigenvalue weighted by atomic mass is 16.5. The summed E-state index contributed by atoms with van der Waals surface area (Å²) >= 11 is 0. The van der Waals surface area contributed by atoms with Crippen LogP contribution in [0.5, 0.6) is 5.75 Å². The van der Waals surface area contributed by atoms with E-state index in [9.17, 15) is 4.79 Å². The molecule has 1 heterocycles. The van der Waals surface area contributed by atoms with Gasteiger partial charge in [0.2, 0.25) is 0 Å². The quantitative estimate of drug-likeness (QED) is 0.700. The van der Waals surface area contributed by atoms with Crippen LogP contribution >= 0.6 is 0 Å². The molecule has 1 saturated heterocycles. The molecule has 28 heavy (non-hydrogen) atoms. The topological polar surface area (TPSA) is 60.0 Å². The van der Waals surface area contributed by atoms with Gasteiger partial charge in [-0.15, -0.1) is 0 Å². The highest BCUT2D eigenvalue weighted by Crippen LogP contribution is 2.26. The van der Waals surface area contributed by atoms with Crippen LogP contribution in [0.2, 0.25) is 0 Å². The lowest BCUT2D eigenvalue weighted by Gasteiger charge is -2.30. The number of nitrogens with zero attached hydrogens (tertiary/aromatic N) is 1. The second-order valence-corrected chi connectivity index (χ2v) is 6.48. The number of benzene rings is 2. The summed E-state index contributed by atoms with van der Waals surface area (Å²) in [6.07, 6.45) is 0. The average Bonchev–Trinajstić information content (AvgIpc) is 2.74. The molecule has 6 heteroatoms. The maximum absolute atomic E-state index is 12.5. The van der Waals surface area contributed by atoms with Crippen molar-refractivity contribution in [2.75, 3.05) is 49.7 Å². The molecule has 0 atom stereocenters. The van der Waals surface area contributed by atoms with Gasteiger partial charge in [0.15, 0.2) is 0 Å². The number of rotatable bonds is 8. The molecule has 150 valence electrons. The second-order valence-electron chi connectivity index (χ2n) is 6.48. The molecule has 0 aromatic heterocycles. The Morgan fingerprint density at radius 3 is 2.50 bits per heavy atom. The molecular weight excluding hydrogens is 356 g/mol. The van der Waals surface area contributed by atoms with E-state index < -0.39 is 0 Å². The lowest BCUT2D eigenvalue weighted by atomic mass is 10.1. The molecule has 2 aromatic rings. The largest absolute Gasteiger partial charge is 0.494 e. The van der Waals surface area contributed by atoms with Gasteiger partial charge in [-0.25, -0.2) is 4.79 Å². The van der Waals surface area contributed by atoms with Gasteiger partial charge in [0.1, 0.15) is 5.75 Å². The molecule has 0 radical (unpaired) electrons. The number of carbonyl (C=O) groups is 1. The fraction of sp³-hybridized carbons (Fsp3) is 0.409. The van der Waals surface area contributed by atoms with E-state index in [-0.39, 0.29) is 5.97 Å². The number of hydrogen-bond donors (Lipinski definition) is 1. The molecule has 0 saturated carbocycles. The van der Waals surface area contributed by atoms with E-state index in [0.29, 0.717) is 38.5 Å². The first-order valence-corrected chi connectivity index (χ1v) is 9.80. The van der Waals surface area contributed by atoms with Gasteiger partial charge >= 0.3 is 5.97 Å². The average molecular weight is 384 g/mol. The Morgan fingerprint density at radius 1 is 1.07 bits per heavy atom. The number of anilines is 2. The van der Waals surface area contributed by atoms with Gasteiger partial charge in [-0.1, -0.05) is 12.1 Å². The van der Waals surface area contributed by atoms with E-state index in [2.05, 4.69) is 10.2 Å². The molecule has 1 aliphatic heterocycles. The third kappa shape index (κ3) is 5.16. The third-order valence-electron chi connectivity index (χ3n) is 4.57. The first kappa shape index (κ1) is 20.0. The highest BCUT2D eigenvalue weighted by molar-refractivity contribution is 5.97. The third-order valence-corrected chi connectivity index (χ3v) is 4.57. The number of nitrogens with one attached hydrogen (secondary N) is 1. The minimum Gasteiger partial charge on any atom is -0.494 e. The van der Waals surface area contributed by atoms with Crippen LogP contribution in [0.4, 0.5) is 11.4 Å². The SMILES string of the molecule is CCOC(=O)c1cc(NCc2ccc(OCC)cc2)ccc1N1CCOCC1. The predicted molar refractivity (Wildman–Crippen MR) is 110 cm³/mol. The molecule has 0 amide bonds. The van der Waals surface area contributed by atoms with Crippen molar-refractivity contribution in [2.24, 2.45) is 0 Å². The van der Waals surface area contributed by atoms with Crippen molar-refractivity contribution in [3.63, 3.8) is 0 Å². The smallest absolute Gasteiger partial charge is 0.340 e. The van der Waals surface area contributed by atoms with Crippen LogP contribution in [0.15, 0.2) is 42.5 Å². The van der Waals surface area contributed by atoms with Crippen molar-refractivity contribution < 1.29 is 19.0 Å². The normalized spacial score (nSPS) is 13.9. The van der Waals surface area contributed by atoms with Crippen molar-refractivity contribution in [3.05, 3.63) is 53.6 Å². The van der Waals surface area contributed by atoms with Crippen molar-refractivity contribution in [1.82, 2.24) is 0 Å². The maximum atomic E-state index is 12.5. The Kier molecular flexibility index (Phi) is 7.14. The number of ether oxygens (including phenoxy) is 3. The monoisotopic (exact) mass is 384 g/mol. The minimum atomic E-state index is -0.297. The lowest BCUT2D eigenvalue weighted by molar-refractivity contribution is 0.0526. The molecule has 0 aliphatic carbocycles. The van der Waals surface area contributed by atoms with Crippen LogP contribution in [0, 0.1) is 0 Å². The maximum Gasteiger partial charge on any atom is 0.340 e. The molecule has 0 unspecified atom stereocenters. The summed E-state index contributed by atoms with van der Waals surface area (Å²) in [5.74, 6) is 0.569. The van der Waals surface area contributed by atoms with Gasteiger partial charge in [0, 0.05) is 25.3 Å². The number of hydrogen-bond acceptors (Lipinski definition) is 6. The Hall–Kier alpha value is -2.73. The zero-order chi connectivity index (χ0) is 19.8. The van der Waals surface area contributed by atoms with Gasteiger partial charge in [0.05, 0.1) is 37.7 Å². The Labute approximate surface area is 166 Å². The van der Waals surface area contributed by atoms with E-state index >= 15 is 0 Å². The summed E-state index contributed by atoms with van der Waals surface area (Å²) in [4.78, 5) is 14.7. The molecule has 1 aliphatic rings. The molecule has 6 nitrogen and oxygen atoms in total. The Balaban J connectivity index is 1.73.